The van der Waals surface area contributed by atoms with Crippen LogP contribution >= 0.6 is 0 Å². The molecule has 3 fully saturated rings. The highest BCUT2D eigenvalue weighted by Gasteiger charge is 2.42. The third kappa shape index (κ3) is 2.14. The molecular weight excluding hydrogens is 240 g/mol. The molecule has 5 heteroatoms. The van der Waals surface area contributed by atoms with Gasteiger partial charge in [-0.2, -0.15) is 0 Å². The van der Waals surface area contributed by atoms with Crippen LogP contribution in [0.25, 0.3) is 0 Å². The van der Waals surface area contributed by atoms with Crippen molar-refractivity contribution < 1.29 is 4.42 Å². The van der Waals surface area contributed by atoms with E-state index in [1.54, 1.807) is 0 Å². The molecule has 1 spiro atoms. The zero-order valence-electron chi connectivity index (χ0n) is 11.5. The van der Waals surface area contributed by atoms with Crippen LogP contribution in [0.4, 0.5) is 6.01 Å². The van der Waals surface area contributed by atoms with Gasteiger partial charge in [0, 0.05) is 19.6 Å². The quantitative estimate of drug-likeness (QED) is 0.834. The Balaban J connectivity index is 1.37. The fourth-order valence-corrected chi connectivity index (χ4v) is 3.78. The van der Waals surface area contributed by atoms with Crippen LogP contribution in [0.5, 0.6) is 0 Å². The summed E-state index contributed by atoms with van der Waals surface area (Å²) in [5.74, 6) is 0.790. The maximum atomic E-state index is 5.81. The molecule has 0 aromatic carbocycles. The Labute approximate surface area is 114 Å². The van der Waals surface area contributed by atoms with E-state index in [0.717, 1.165) is 31.5 Å². The molecule has 4 rings (SSSR count). The standard InChI is InChI=1S/C14H22N4O/c1-2-8-18(7-1)13-16-15-12(19-13)10-17-9-6-14(11-17)4-3-5-14/h1-11H2. The van der Waals surface area contributed by atoms with Crippen molar-refractivity contribution in [2.75, 3.05) is 31.1 Å². The van der Waals surface area contributed by atoms with Gasteiger partial charge in [0.1, 0.15) is 0 Å². The fourth-order valence-electron chi connectivity index (χ4n) is 3.78. The molecule has 1 aromatic heterocycles. The molecule has 0 atom stereocenters. The number of nitrogens with zero attached hydrogens (tertiary/aromatic N) is 4. The number of aromatic nitrogens is 2. The number of rotatable bonds is 3. The lowest BCUT2D eigenvalue weighted by molar-refractivity contribution is 0.134. The second-order valence-electron chi connectivity index (χ2n) is 6.49. The Morgan fingerprint density at radius 3 is 2.53 bits per heavy atom. The van der Waals surface area contributed by atoms with E-state index in [4.69, 9.17) is 4.42 Å². The molecule has 19 heavy (non-hydrogen) atoms. The van der Waals surface area contributed by atoms with Crippen LogP contribution in [0.3, 0.4) is 0 Å². The average Bonchev–Trinajstić information content (AvgIpc) is 3.07. The SMILES string of the molecule is C1CCN(c2nnc(CN3CCC4(CCC4)C3)o2)C1. The van der Waals surface area contributed by atoms with Crippen LogP contribution < -0.4 is 4.90 Å². The molecule has 3 aliphatic rings. The van der Waals surface area contributed by atoms with Crippen LogP contribution in [0.2, 0.25) is 0 Å². The molecule has 1 aromatic rings. The van der Waals surface area contributed by atoms with E-state index in [9.17, 15) is 0 Å². The molecule has 0 N–H and O–H groups in total. The van der Waals surface area contributed by atoms with Gasteiger partial charge in [0.05, 0.1) is 6.54 Å². The molecule has 5 nitrogen and oxygen atoms in total. The summed E-state index contributed by atoms with van der Waals surface area (Å²) in [5.41, 5.74) is 0.651. The van der Waals surface area contributed by atoms with Crippen molar-refractivity contribution in [2.45, 2.75) is 45.1 Å². The van der Waals surface area contributed by atoms with E-state index in [0.29, 0.717) is 5.41 Å². The molecule has 2 saturated heterocycles. The average molecular weight is 262 g/mol. The van der Waals surface area contributed by atoms with Gasteiger partial charge < -0.3 is 9.32 Å². The Bertz CT molecular complexity index is 448. The summed E-state index contributed by atoms with van der Waals surface area (Å²) in [6.45, 7) is 5.39. The van der Waals surface area contributed by atoms with Crippen molar-refractivity contribution in [3.63, 3.8) is 0 Å². The van der Waals surface area contributed by atoms with E-state index in [1.807, 2.05) is 0 Å². The summed E-state index contributed by atoms with van der Waals surface area (Å²) in [7, 11) is 0. The van der Waals surface area contributed by atoms with Crippen molar-refractivity contribution in [1.82, 2.24) is 15.1 Å². The zero-order valence-corrected chi connectivity index (χ0v) is 11.5. The topological polar surface area (TPSA) is 45.4 Å². The highest BCUT2D eigenvalue weighted by molar-refractivity contribution is 5.25. The number of hydrogen-bond acceptors (Lipinski definition) is 5. The highest BCUT2D eigenvalue weighted by Crippen LogP contribution is 2.48. The number of hydrogen-bond donors (Lipinski definition) is 0. The largest absolute Gasteiger partial charge is 0.407 e. The monoisotopic (exact) mass is 262 g/mol. The van der Waals surface area contributed by atoms with Crippen molar-refractivity contribution in [3.05, 3.63) is 5.89 Å². The van der Waals surface area contributed by atoms with Gasteiger partial charge in [-0.15, -0.1) is 5.10 Å². The lowest BCUT2D eigenvalue weighted by Gasteiger charge is -2.38. The summed E-state index contributed by atoms with van der Waals surface area (Å²) in [5, 5.41) is 8.41. The normalized spacial score (nSPS) is 26.2. The minimum atomic E-state index is 0.651. The van der Waals surface area contributed by atoms with Crippen molar-refractivity contribution >= 4 is 6.01 Å². The molecule has 2 aliphatic heterocycles. The third-order valence-electron chi connectivity index (χ3n) is 5.12. The van der Waals surface area contributed by atoms with Gasteiger partial charge in [-0.3, -0.25) is 4.90 Å². The minimum Gasteiger partial charge on any atom is -0.407 e. The second-order valence-corrected chi connectivity index (χ2v) is 6.49. The van der Waals surface area contributed by atoms with E-state index in [2.05, 4.69) is 20.0 Å². The van der Waals surface area contributed by atoms with Gasteiger partial charge in [0.2, 0.25) is 5.89 Å². The van der Waals surface area contributed by atoms with Gasteiger partial charge in [-0.1, -0.05) is 11.5 Å². The van der Waals surface area contributed by atoms with Crippen molar-refractivity contribution in [2.24, 2.45) is 5.41 Å². The molecule has 0 amide bonds. The molecule has 0 unspecified atom stereocenters. The smallest absolute Gasteiger partial charge is 0.318 e. The first-order chi connectivity index (χ1) is 9.33. The van der Waals surface area contributed by atoms with Gasteiger partial charge in [-0.05, 0) is 44.1 Å². The third-order valence-corrected chi connectivity index (χ3v) is 5.12. The van der Waals surface area contributed by atoms with Crippen LogP contribution in [-0.4, -0.2) is 41.3 Å². The van der Waals surface area contributed by atoms with Gasteiger partial charge in [-0.25, -0.2) is 0 Å². The predicted octanol–water partition coefficient (Wildman–Crippen LogP) is 2.05. The van der Waals surface area contributed by atoms with Crippen molar-refractivity contribution in [3.8, 4) is 0 Å². The summed E-state index contributed by atoms with van der Waals surface area (Å²) < 4.78 is 5.81. The minimum absolute atomic E-state index is 0.651. The maximum Gasteiger partial charge on any atom is 0.318 e. The van der Waals surface area contributed by atoms with Crippen LogP contribution in [0.1, 0.15) is 44.4 Å². The number of likely N-dealkylation sites (tertiary alicyclic amines) is 1. The molecule has 0 radical (unpaired) electrons. The summed E-state index contributed by atoms with van der Waals surface area (Å²) in [6, 6.07) is 0.727. The first-order valence-corrected chi connectivity index (χ1v) is 7.63. The Morgan fingerprint density at radius 2 is 1.84 bits per heavy atom. The van der Waals surface area contributed by atoms with Crippen LogP contribution in [-0.2, 0) is 6.54 Å². The molecular formula is C14H22N4O. The predicted molar refractivity (Wildman–Crippen MR) is 71.9 cm³/mol. The first kappa shape index (κ1) is 11.7. The van der Waals surface area contributed by atoms with Crippen LogP contribution in [0, 0.1) is 5.41 Å². The molecule has 3 heterocycles. The maximum absolute atomic E-state index is 5.81. The highest BCUT2D eigenvalue weighted by atomic mass is 16.4. The summed E-state index contributed by atoms with van der Waals surface area (Å²) in [4.78, 5) is 4.69. The fraction of sp³-hybridized carbons (Fsp3) is 0.857. The van der Waals surface area contributed by atoms with Crippen LogP contribution in [0.15, 0.2) is 4.42 Å². The van der Waals surface area contributed by atoms with Crippen molar-refractivity contribution in [1.29, 1.82) is 0 Å². The van der Waals surface area contributed by atoms with Gasteiger partial charge in [0.15, 0.2) is 0 Å². The molecule has 104 valence electrons. The summed E-state index contributed by atoms with van der Waals surface area (Å²) in [6.07, 6.45) is 8.12. The molecule has 1 aliphatic carbocycles. The summed E-state index contributed by atoms with van der Waals surface area (Å²) >= 11 is 0. The Hall–Kier alpha value is -1.10. The Kier molecular flexibility index (Phi) is 2.76. The van der Waals surface area contributed by atoms with E-state index < -0.39 is 0 Å². The van der Waals surface area contributed by atoms with Gasteiger partial charge in [0.25, 0.3) is 0 Å². The zero-order chi connectivity index (χ0) is 12.7. The molecule has 1 saturated carbocycles. The van der Waals surface area contributed by atoms with E-state index >= 15 is 0 Å². The lowest BCUT2D eigenvalue weighted by Crippen LogP contribution is -2.32. The Morgan fingerprint density at radius 1 is 1.00 bits per heavy atom. The number of anilines is 1. The first-order valence-electron chi connectivity index (χ1n) is 7.63. The van der Waals surface area contributed by atoms with E-state index in [1.165, 1.54) is 51.6 Å². The second kappa shape index (κ2) is 4.47. The van der Waals surface area contributed by atoms with E-state index in [-0.39, 0.29) is 0 Å². The van der Waals surface area contributed by atoms with Gasteiger partial charge >= 0.3 is 6.01 Å². The molecule has 0 bridgehead atoms. The lowest BCUT2D eigenvalue weighted by atomic mass is 9.68.